The lowest BCUT2D eigenvalue weighted by molar-refractivity contribution is 0.145. The van der Waals surface area contributed by atoms with E-state index in [1.54, 1.807) is 0 Å². The monoisotopic (exact) mass is 225 g/mol. The fourth-order valence-electron chi connectivity index (χ4n) is 1.94. The molecule has 1 N–H and O–H groups in total. The van der Waals surface area contributed by atoms with Gasteiger partial charge in [0, 0.05) is 13.1 Å². The average Bonchev–Trinajstić information content (AvgIpc) is 2.31. The van der Waals surface area contributed by atoms with E-state index in [2.05, 4.69) is 9.97 Å². The van der Waals surface area contributed by atoms with Crippen LogP contribution in [0.4, 0.5) is 10.2 Å². The van der Waals surface area contributed by atoms with Gasteiger partial charge in [-0.2, -0.15) is 0 Å². The van der Waals surface area contributed by atoms with Gasteiger partial charge in [0.25, 0.3) is 0 Å². The van der Waals surface area contributed by atoms with Crippen molar-refractivity contribution in [1.82, 2.24) is 9.97 Å². The maximum absolute atomic E-state index is 13.9. The first kappa shape index (κ1) is 11.3. The predicted molar refractivity (Wildman–Crippen MR) is 58.8 cm³/mol. The number of piperidine rings is 1. The van der Waals surface area contributed by atoms with Crippen LogP contribution in [0, 0.1) is 5.82 Å². The third kappa shape index (κ3) is 2.14. The van der Waals surface area contributed by atoms with Gasteiger partial charge in [-0.25, -0.2) is 14.4 Å². The number of aliphatic hydroxyl groups is 1. The van der Waals surface area contributed by atoms with Gasteiger partial charge in [-0.1, -0.05) is 6.92 Å². The van der Waals surface area contributed by atoms with Crippen molar-refractivity contribution in [2.75, 3.05) is 18.0 Å². The fraction of sp³-hybridized carbons (Fsp3) is 0.636. The molecule has 1 aromatic rings. The standard InChI is InChI=1S/C11H16FN3O/c1-2-9-10(12)11(14-7-13-9)15-5-3-8(16)4-6-15/h7-8,16H,2-6H2,1H3. The van der Waals surface area contributed by atoms with E-state index < -0.39 is 0 Å². The summed E-state index contributed by atoms with van der Waals surface area (Å²) in [5.41, 5.74) is 0.455. The number of hydrogen-bond donors (Lipinski definition) is 1. The summed E-state index contributed by atoms with van der Waals surface area (Å²) < 4.78 is 13.9. The normalized spacial score (nSPS) is 17.8. The van der Waals surface area contributed by atoms with Crippen LogP contribution in [-0.2, 0) is 6.42 Å². The summed E-state index contributed by atoms with van der Waals surface area (Å²) in [5.74, 6) is 0.0557. The summed E-state index contributed by atoms with van der Waals surface area (Å²) in [6, 6.07) is 0. The van der Waals surface area contributed by atoms with Crippen LogP contribution >= 0.6 is 0 Å². The highest BCUT2D eigenvalue weighted by Gasteiger charge is 2.21. The largest absolute Gasteiger partial charge is 0.393 e. The second-order valence-electron chi connectivity index (χ2n) is 4.03. The Morgan fingerprint density at radius 3 is 2.75 bits per heavy atom. The molecule has 0 radical (unpaired) electrons. The van der Waals surface area contributed by atoms with Crippen molar-refractivity contribution in [2.45, 2.75) is 32.3 Å². The first-order valence-corrected chi connectivity index (χ1v) is 5.64. The van der Waals surface area contributed by atoms with Gasteiger partial charge in [-0.3, -0.25) is 0 Å². The van der Waals surface area contributed by atoms with E-state index in [0.717, 1.165) is 0 Å². The zero-order chi connectivity index (χ0) is 11.5. The molecule has 0 aromatic carbocycles. The van der Waals surface area contributed by atoms with Crippen molar-refractivity contribution in [2.24, 2.45) is 0 Å². The van der Waals surface area contributed by atoms with Crippen molar-refractivity contribution in [3.05, 3.63) is 17.8 Å². The second kappa shape index (κ2) is 4.74. The lowest BCUT2D eigenvalue weighted by Gasteiger charge is -2.30. The van der Waals surface area contributed by atoms with Gasteiger partial charge in [0.2, 0.25) is 0 Å². The molecule has 88 valence electrons. The Morgan fingerprint density at radius 1 is 1.44 bits per heavy atom. The zero-order valence-electron chi connectivity index (χ0n) is 9.36. The number of aromatic nitrogens is 2. The Labute approximate surface area is 94.1 Å². The van der Waals surface area contributed by atoms with E-state index >= 15 is 0 Å². The maximum atomic E-state index is 13.9. The van der Waals surface area contributed by atoms with Crippen LogP contribution in [-0.4, -0.2) is 34.3 Å². The maximum Gasteiger partial charge on any atom is 0.187 e. The molecule has 16 heavy (non-hydrogen) atoms. The average molecular weight is 225 g/mol. The Bertz CT molecular complexity index is 364. The van der Waals surface area contributed by atoms with Crippen LogP contribution in [0.15, 0.2) is 6.33 Å². The molecule has 1 fully saturated rings. The van der Waals surface area contributed by atoms with E-state index in [-0.39, 0.29) is 11.9 Å². The Balaban J connectivity index is 2.20. The van der Waals surface area contributed by atoms with E-state index in [4.69, 9.17) is 0 Å². The predicted octanol–water partition coefficient (Wildman–Crippen LogP) is 1.14. The number of halogens is 1. The van der Waals surface area contributed by atoms with Crippen molar-refractivity contribution in [3.8, 4) is 0 Å². The molecular weight excluding hydrogens is 209 g/mol. The molecule has 0 bridgehead atoms. The molecule has 0 saturated carbocycles. The molecule has 1 aromatic heterocycles. The molecule has 1 aliphatic rings. The first-order valence-electron chi connectivity index (χ1n) is 5.64. The molecule has 4 nitrogen and oxygen atoms in total. The fourth-order valence-corrected chi connectivity index (χ4v) is 1.94. The molecule has 2 heterocycles. The summed E-state index contributed by atoms with van der Waals surface area (Å²) in [4.78, 5) is 9.78. The van der Waals surface area contributed by atoms with Crippen LogP contribution in [0.2, 0.25) is 0 Å². The molecule has 1 saturated heterocycles. The summed E-state index contributed by atoms with van der Waals surface area (Å²) in [7, 11) is 0. The van der Waals surface area contributed by atoms with Crippen molar-refractivity contribution in [3.63, 3.8) is 0 Å². The smallest absolute Gasteiger partial charge is 0.187 e. The number of aliphatic hydroxyl groups excluding tert-OH is 1. The highest BCUT2D eigenvalue weighted by atomic mass is 19.1. The summed E-state index contributed by atoms with van der Waals surface area (Å²) in [5, 5.41) is 9.39. The van der Waals surface area contributed by atoms with E-state index in [0.29, 0.717) is 43.9 Å². The quantitative estimate of drug-likeness (QED) is 0.820. The first-order chi connectivity index (χ1) is 7.72. The minimum absolute atomic E-state index is 0.258. The molecule has 0 amide bonds. The van der Waals surface area contributed by atoms with Gasteiger partial charge in [0.1, 0.15) is 6.33 Å². The van der Waals surface area contributed by atoms with Crippen LogP contribution < -0.4 is 4.90 Å². The van der Waals surface area contributed by atoms with Crippen molar-refractivity contribution < 1.29 is 9.50 Å². The topological polar surface area (TPSA) is 49.2 Å². The molecular formula is C11H16FN3O. The van der Waals surface area contributed by atoms with Gasteiger partial charge in [0.15, 0.2) is 11.6 Å². The molecule has 2 rings (SSSR count). The molecule has 0 atom stereocenters. The second-order valence-corrected chi connectivity index (χ2v) is 4.03. The van der Waals surface area contributed by atoms with Gasteiger partial charge < -0.3 is 10.0 Å². The third-order valence-corrected chi connectivity index (χ3v) is 2.94. The van der Waals surface area contributed by atoms with Gasteiger partial charge in [0.05, 0.1) is 11.8 Å². The lowest BCUT2D eigenvalue weighted by Crippen LogP contribution is -2.37. The number of anilines is 1. The van der Waals surface area contributed by atoms with Crippen LogP contribution in [0.25, 0.3) is 0 Å². The van der Waals surface area contributed by atoms with Crippen LogP contribution in [0.5, 0.6) is 0 Å². The van der Waals surface area contributed by atoms with Crippen LogP contribution in [0.1, 0.15) is 25.5 Å². The lowest BCUT2D eigenvalue weighted by atomic mass is 10.1. The highest BCUT2D eigenvalue weighted by molar-refractivity contribution is 5.41. The Kier molecular flexibility index (Phi) is 3.33. The minimum atomic E-state index is -0.318. The number of rotatable bonds is 2. The third-order valence-electron chi connectivity index (χ3n) is 2.94. The van der Waals surface area contributed by atoms with Gasteiger partial charge >= 0.3 is 0 Å². The molecule has 1 aliphatic heterocycles. The molecule has 0 unspecified atom stereocenters. The van der Waals surface area contributed by atoms with Gasteiger partial charge in [-0.15, -0.1) is 0 Å². The van der Waals surface area contributed by atoms with E-state index in [9.17, 15) is 9.50 Å². The van der Waals surface area contributed by atoms with Crippen molar-refractivity contribution >= 4 is 5.82 Å². The van der Waals surface area contributed by atoms with Crippen LogP contribution in [0.3, 0.4) is 0 Å². The molecule has 0 spiro atoms. The Hall–Kier alpha value is -1.23. The summed E-state index contributed by atoms with van der Waals surface area (Å²) in [6.07, 6.45) is 3.06. The number of aryl methyl sites for hydroxylation is 1. The van der Waals surface area contributed by atoms with E-state index in [1.165, 1.54) is 6.33 Å². The minimum Gasteiger partial charge on any atom is -0.393 e. The molecule has 0 aliphatic carbocycles. The van der Waals surface area contributed by atoms with Crippen molar-refractivity contribution in [1.29, 1.82) is 0 Å². The Morgan fingerprint density at radius 2 is 2.12 bits per heavy atom. The van der Waals surface area contributed by atoms with E-state index in [1.807, 2.05) is 11.8 Å². The zero-order valence-corrected chi connectivity index (χ0v) is 9.36. The summed E-state index contributed by atoms with van der Waals surface area (Å²) >= 11 is 0. The SMILES string of the molecule is CCc1ncnc(N2CCC(O)CC2)c1F. The number of nitrogens with zero attached hydrogens (tertiary/aromatic N) is 3. The highest BCUT2D eigenvalue weighted by Crippen LogP contribution is 2.22. The summed E-state index contributed by atoms with van der Waals surface area (Å²) in [6.45, 7) is 3.17. The van der Waals surface area contributed by atoms with Gasteiger partial charge in [-0.05, 0) is 19.3 Å². The molecule has 5 heteroatoms. The number of hydrogen-bond acceptors (Lipinski definition) is 4.